The van der Waals surface area contributed by atoms with Crippen LogP contribution in [0.25, 0.3) is 0 Å². The minimum absolute atomic E-state index is 0.0988. The highest BCUT2D eigenvalue weighted by atomic mass is 16.5. The molecule has 0 amide bonds. The second-order valence-electron chi connectivity index (χ2n) is 3.41. The molecule has 0 atom stereocenters. The molecule has 88 valence electrons. The fraction of sp³-hybridized carbons (Fsp3) is 0.364. The quantitative estimate of drug-likeness (QED) is 0.390. The lowest BCUT2D eigenvalue weighted by Gasteiger charge is -2.07. The highest BCUT2D eigenvalue weighted by Gasteiger charge is 2.10. The molecule has 1 rings (SSSR count). The number of carbonyl (C=O) groups is 1. The molecular formula is C11H16N2O3. The van der Waals surface area contributed by atoms with Gasteiger partial charge in [-0.3, -0.25) is 0 Å². The average Bonchev–Trinajstić information content (AvgIpc) is 2.24. The lowest BCUT2D eigenvalue weighted by molar-refractivity contribution is 0.0494. The van der Waals surface area contributed by atoms with E-state index in [0.29, 0.717) is 29.8 Å². The normalized spacial score (nSPS) is 10.1. The molecule has 0 fully saturated rings. The molecule has 0 saturated carbocycles. The van der Waals surface area contributed by atoms with E-state index in [2.05, 4.69) is 0 Å². The first-order valence-corrected chi connectivity index (χ1v) is 5.08. The van der Waals surface area contributed by atoms with Crippen LogP contribution in [0, 0.1) is 0 Å². The monoisotopic (exact) mass is 224 g/mol. The predicted octanol–water partition coefficient (Wildman–Crippen LogP) is 0.780. The zero-order chi connectivity index (χ0) is 12.0. The number of nitrogen functional groups attached to an aromatic ring is 2. The van der Waals surface area contributed by atoms with Crippen LogP contribution in [0.3, 0.4) is 0 Å². The van der Waals surface area contributed by atoms with Gasteiger partial charge in [0.25, 0.3) is 0 Å². The van der Waals surface area contributed by atoms with Crippen LogP contribution in [0.4, 0.5) is 11.4 Å². The summed E-state index contributed by atoms with van der Waals surface area (Å²) in [5.74, 6) is -0.463. The summed E-state index contributed by atoms with van der Waals surface area (Å²) in [4.78, 5) is 11.5. The second-order valence-corrected chi connectivity index (χ2v) is 3.41. The number of hydrogen-bond donors (Lipinski definition) is 3. The van der Waals surface area contributed by atoms with Crippen molar-refractivity contribution in [1.82, 2.24) is 0 Å². The number of unbranched alkanes of at least 4 members (excludes halogenated alkanes) is 1. The number of aliphatic hydroxyl groups excluding tert-OH is 1. The maximum absolute atomic E-state index is 11.5. The third-order valence-electron chi connectivity index (χ3n) is 2.08. The third kappa shape index (κ3) is 3.43. The third-order valence-corrected chi connectivity index (χ3v) is 2.08. The largest absolute Gasteiger partial charge is 0.462 e. The zero-order valence-corrected chi connectivity index (χ0v) is 8.98. The van der Waals surface area contributed by atoms with Crippen molar-refractivity contribution in [2.24, 2.45) is 0 Å². The van der Waals surface area contributed by atoms with Crippen molar-refractivity contribution < 1.29 is 14.6 Å². The Morgan fingerprint density at radius 1 is 1.31 bits per heavy atom. The summed E-state index contributed by atoms with van der Waals surface area (Å²) in [6.07, 6.45) is 1.25. The SMILES string of the molecule is Nc1ccc(C(=O)OCCCCO)c(N)c1. The summed E-state index contributed by atoms with van der Waals surface area (Å²) >= 11 is 0. The number of rotatable bonds is 5. The number of benzene rings is 1. The molecular weight excluding hydrogens is 208 g/mol. The van der Waals surface area contributed by atoms with Crippen molar-refractivity contribution >= 4 is 17.3 Å². The molecule has 16 heavy (non-hydrogen) atoms. The Labute approximate surface area is 94.0 Å². The summed E-state index contributed by atoms with van der Waals surface area (Å²) in [5.41, 5.74) is 12.3. The molecule has 0 aliphatic rings. The number of esters is 1. The molecule has 0 aliphatic heterocycles. The number of anilines is 2. The van der Waals surface area contributed by atoms with Crippen LogP contribution in [0.2, 0.25) is 0 Å². The lowest BCUT2D eigenvalue weighted by atomic mass is 10.1. The predicted molar refractivity (Wildman–Crippen MR) is 61.9 cm³/mol. The van der Waals surface area contributed by atoms with Gasteiger partial charge >= 0.3 is 5.97 Å². The smallest absolute Gasteiger partial charge is 0.340 e. The van der Waals surface area contributed by atoms with Crippen LogP contribution in [0.5, 0.6) is 0 Å². The van der Waals surface area contributed by atoms with Gasteiger partial charge in [0.1, 0.15) is 0 Å². The van der Waals surface area contributed by atoms with Crippen LogP contribution < -0.4 is 11.5 Å². The van der Waals surface area contributed by atoms with Crippen molar-refractivity contribution in [3.8, 4) is 0 Å². The standard InChI is InChI=1S/C11H16N2O3/c12-8-3-4-9(10(13)7-8)11(15)16-6-2-1-5-14/h3-4,7,14H,1-2,5-6,12-13H2. The minimum Gasteiger partial charge on any atom is -0.462 e. The van der Waals surface area contributed by atoms with Crippen molar-refractivity contribution in [3.05, 3.63) is 23.8 Å². The van der Waals surface area contributed by atoms with Crippen LogP contribution >= 0.6 is 0 Å². The molecule has 1 aromatic rings. The summed E-state index contributed by atoms with van der Waals surface area (Å²) in [6.45, 7) is 0.380. The fourth-order valence-electron chi connectivity index (χ4n) is 1.22. The molecule has 0 aromatic heterocycles. The van der Waals surface area contributed by atoms with E-state index in [-0.39, 0.29) is 13.2 Å². The van der Waals surface area contributed by atoms with E-state index in [9.17, 15) is 4.79 Å². The summed E-state index contributed by atoms with van der Waals surface area (Å²) < 4.78 is 4.98. The van der Waals surface area contributed by atoms with Crippen molar-refractivity contribution in [2.45, 2.75) is 12.8 Å². The number of nitrogens with two attached hydrogens (primary N) is 2. The molecule has 0 radical (unpaired) electrons. The Morgan fingerprint density at radius 3 is 2.69 bits per heavy atom. The first-order chi connectivity index (χ1) is 7.65. The van der Waals surface area contributed by atoms with Crippen molar-refractivity contribution in [1.29, 1.82) is 0 Å². The summed E-state index contributed by atoms with van der Waals surface area (Å²) in [5, 5.41) is 8.55. The molecule has 5 nitrogen and oxygen atoms in total. The van der Waals surface area contributed by atoms with Crippen molar-refractivity contribution in [3.63, 3.8) is 0 Å². The van der Waals surface area contributed by atoms with Gasteiger partial charge in [0.2, 0.25) is 0 Å². The van der Waals surface area contributed by atoms with Gasteiger partial charge in [-0.2, -0.15) is 0 Å². The second kappa shape index (κ2) is 5.97. The van der Waals surface area contributed by atoms with Crippen LogP contribution in [0.15, 0.2) is 18.2 Å². The fourth-order valence-corrected chi connectivity index (χ4v) is 1.22. The van der Waals surface area contributed by atoms with Gasteiger partial charge < -0.3 is 21.3 Å². The molecule has 5 N–H and O–H groups in total. The van der Waals surface area contributed by atoms with E-state index in [1.807, 2.05) is 0 Å². The van der Waals surface area contributed by atoms with Gasteiger partial charge in [-0.1, -0.05) is 0 Å². The Bertz CT molecular complexity index is 366. The first kappa shape index (κ1) is 12.3. The van der Waals surface area contributed by atoms with Gasteiger partial charge in [-0.05, 0) is 31.0 Å². The number of ether oxygens (including phenoxy) is 1. The average molecular weight is 224 g/mol. The summed E-state index contributed by atoms with van der Waals surface area (Å²) in [6, 6.07) is 4.66. The van der Waals surface area contributed by atoms with E-state index in [1.165, 1.54) is 6.07 Å². The molecule has 5 heteroatoms. The topological polar surface area (TPSA) is 98.6 Å². The Kier molecular flexibility index (Phi) is 4.60. The zero-order valence-electron chi connectivity index (χ0n) is 8.98. The maximum Gasteiger partial charge on any atom is 0.340 e. The number of aliphatic hydroxyl groups is 1. The molecule has 0 saturated heterocycles. The van der Waals surface area contributed by atoms with Gasteiger partial charge in [0.05, 0.1) is 12.2 Å². The Hall–Kier alpha value is -1.75. The molecule has 0 bridgehead atoms. The van der Waals surface area contributed by atoms with E-state index in [4.69, 9.17) is 21.3 Å². The molecule has 0 aliphatic carbocycles. The molecule has 1 aromatic carbocycles. The Morgan fingerprint density at radius 2 is 2.06 bits per heavy atom. The van der Waals surface area contributed by atoms with Crippen LogP contribution in [-0.4, -0.2) is 24.3 Å². The van der Waals surface area contributed by atoms with Gasteiger partial charge in [-0.15, -0.1) is 0 Å². The van der Waals surface area contributed by atoms with Gasteiger partial charge in [-0.25, -0.2) is 4.79 Å². The maximum atomic E-state index is 11.5. The van der Waals surface area contributed by atoms with E-state index in [1.54, 1.807) is 12.1 Å². The molecule has 0 unspecified atom stereocenters. The highest BCUT2D eigenvalue weighted by Crippen LogP contribution is 2.16. The first-order valence-electron chi connectivity index (χ1n) is 5.08. The van der Waals surface area contributed by atoms with E-state index < -0.39 is 5.97 Å². The summed E-state index contributed by atoms with van der Waals surface area (Å²) in [7, 11) is 0. The van der Waals surface area contributed by atoms with Crippen LogP contribution in [-0.2, 0) is 4.74 Å². The number of hydrogen-bond acceptors (Lipinski definition) is 5. The van der Waals surface area contributed by atoms with Crippen molar-refractivity contribution in [2.75, 3.05) is 24.7 Å². The molecule has 0 heterocycles. The van der Waals surface area contributed by atoms with Gasteiger partial charge in [0.15, 0.2) is 0 Å². The van der Waals surface area contributed by atoms with Gasteiger partial charge in [0, 0.05) is 18.0 Å². The minimum atomic E-state index is -0.463. The lowest BCUT2D eigenvalue weighted by Crippen LogP contribution is -2.09. The highest BCUT2D eigenvalue weighted by molar-refractivity contribution is 5.95. The Balaban J connectivity index is 2.53. The van der Waals surface area contributed by atoms with E-state index in [0.717, 1.165) is 0 Å². The number of carbonyl (C=O) groups excluding carboxylic acids is 1. The van der Waals surface area contributed by atoms with Crippen LogP contribution in [0.1, 0.15) is 23.2 Å². The van der Waals surface area contributed by atoms with E-state index >= 15 is 0 Å². The molecule has 0 spiro atoms.